The highest BCUT2D eigenvalue weighted by atomic mass is 16.6. The van der Waals surface area contributed by atoms with Gasteiger partial charge in [0.15, 0.2) is 13.2 Å². The van der Waals surface area contributed by atoms with Crippen LogP contribution in [0.3, 0.4) is 0 Å². The van der Waals surface area contributed by atoms with Gasteiger partial charge in [-0.1, -0.05) is 49.7 Å². The lowest BCUT2D eigenvalue weighted by Crippen LogP contribution is -2.19. The zero-order chi connectivity index (χ0) is 24.7. The van der Waals surface area contributed by atoms with E-state index in [1.54, 1.807) is 27.7 Å². The molecule has 0 bridgehead atoms. The van der Waals surface area contributed by atoms with E-state index >= 15 is 0 Å². The van der Waals surface area contributed by atoms with E-state index in [4.69, 9.17) is 18.9 Å². The van der Waals surface area contributed by atoms with Gasteiger partial charge >= 0.3 is 11.9 Å². The van der Waals surface area contributed by atoms with Gasteiger partial charge in [-0.3, -0.25) is 0 Å². The second-order valence-electron chi connectivity index (χ2n) is 8.84. The Bertz CT molecular complexity index is 1150. The Kier molecular flexibility index (Phi) is 8.74. The smallest absolute Gasteiger partial charge is 0.344 e. The average molecular weight is 467 g/mol. The molecular weight excluding hydrogens is 432 g/mol. The van der Waals surface area contributed by atoms with Crippen molar-refractivity contribution in [2.75, 3.05) is 13.2 Å². The van der Waals surface area contributed by atoms with Gasteiger partial charge in [-0.2, -0.15) is 0 Å². The molecule has 0 spiro atoms. The van der Waals surface area contributed by atoms with Crippen LogP contribution in [0.25, 0.3) is 21.5 Å². The van der Waals surface area contributed by atoms with Crippen LogP contribution in [-0.2, 0) is 25.5 Å². The fourth-order valence-electron chi connectivity index (χ4n) is 3.85. The molecule has 0 radical (unpaired) electrons. The number of hydrogen-bond donors (Lipinski definition) is 0. The number of rotatable bonds is 11. The summed E-state index contributed by atoms with van der Waals surface area (Å²) in [5, 5.41) is 3.23. The first-order valence-electron chi connectivity index (χ1n) is 11.9. The van der Waals surface area contributed by atoms with E-state index < -0.39 is 11.9 Å². The zero-order valence-corrected chi connectivity index (χ0v) is 20.7. The standard InChI is InChI=1S/C28H34O6/c1-6-7-10-20-13-14-23-24(15-20)28(32-17-26(30)34-19(4)5)22-12-9-8-11-21(22)27(23)31-16-25(29)33-18(2)3/h8-9,11-15,18-19H,6-7,10,16-17H2,1-5H3. The largest absolute Gasteiger partial charge is 0.481 e. The molecule has 0 saturated carbocycles. The molecule has 0 aromatic heterocycles. The predicted octanol–water partition coefficient (Wildman–Crippen LogP) is 6.00. The SMILES string of the molecule is CCCCc1ccc2c(OCC(=O)OC(C)C)c3ccccc3c(OCC(=O)OC(C)C)c2c1. The summed E-state index contributed by atoms with van der Waals surface area (Å²) in [5.74, 6) is 0.335. The molecule has 0 heterocycles. The van der Waals surface area contributed by atoms with Crippen molar-refractivity contribution in [1.82, 2.24) is 0 Å². The Morgan fingerprint density at radius 1 is 0.735 bits per heavy atom. The number of aryl methyl sites for hydroxylation is 1. The molecule has 0 aliphatic heterocycles. The first-order chi connectivity index (χ1) is 16.3. The van der Waals surface area contributed by atoms with Crippen molar-refractivity contribution >= 4 is 33.5 Å². The molecule has 6 nitrogen and oxygen atoms in total. The molecule has 0 saturated heterocycles. The number of ether oxygens (including phenoxy) is 4. The Hall–Kier alpha value is -3.28. The van der Waals surface area contributed by atoms with Crippen molar-refractivity contribution in [3.63, 3.8) is 0 Å². The summed E-state index contributed by atoms with van der Waals surface area (Å²) in [6, 6.07) is 13.8. The average Bonchev–Trinajstić information content (AvgIpc) is 2.78. The van der Waals surface area contributed by atoms with E-state index in [9.17, 15) is 9.59 Å². The number of benzene rings is 3. The van der Waals surface area contributed by atoms with Crippen molar-refractivity contribution in [2.45, 2.75) is 66.1 Å². The van der Waals surface area contributed by atoms with E-state index in [1.165, 1.54) is 5.56 Å². The minimum absolute atomic E-state index is 0.197. The monoisotopic (exact) mass is 466 g/mol. The summed E-state index contributed by atoms with van der Waals surface area (Å²) in [7, 11) is 0. The van der Waals surface area contributed by atoms with Crippen LogP contribution in [0.2, 0.25) is 0 Å². The molecule has 0 amide bonds. The van der Waals surface area contributed by atoms with Crippen LogP contribution in [-0.4, -0.2) is 37.4 Å². The molecule has 0 aliphatic rings. The highest BCUT2D eigenvalue weighted by Gasteiger charge is 2.19. The van der Waals surface area contributed by atoms with Gasteiger partial charge in [0.05, 0.1) is 12.2 Å². The van der Waals surface area contributed by atoms with Gasteiger partial charge in [0.1, 0.15) is 11.5 Å². The molecule has 0 atom stereocenters. The lowest BCUT2D eigenvalue weighted by Gasteiger charge is -2.19. The van der Waals surface area contributed by atoms with Crippen molar-refractivity contribution in [3.8, 4) is 11.5 Å². The summed E-state index contributed by atoms with van der Waals surface area (Å²) in [5.41, 5.74) is 1.17. The fourth-order valence-corrected chi connectivity index (χ4v) is 3.85. The van der Waals surface area contributed by atoms with E-state index in [2.05, 4.69) is 19.1 Å². The van der Waals surface area contributed by atoms with Crippen molar-refractivity contribution in [2.24, 2.45) is 0 Å². The Morgan fingerprint density at radius 2 is 1.24 bits per heavy atom. The third-order valence-electron chi connectivity index (χ3n) is 5.21. The summed E-state index contributed by atoms with van der Waals surface area (Å²) >= 11 is 0. The van der Waals surface area contributed by atoms with Crippen LogP contribution in [0.15, 0.2) is 42.5 Å². The first kappa shape index (κ1) is 25.3. The number of hydrogen-bond acceptors (Lipinski definition) is 6. The number of fused-ring (bicyclic) bond motifs is 2. The minimum atomic E-state index is -0.427. The van der Waals surface area contributed by atoms with Crippen LogP contribution < -0.4 is 9.47 Å². The maximum atomic E-state index is 12.2. The van der Waals surface area contributed by atoms with E-state index in [1.807, 2.05) is 30.3 Å². The van der Waals surface area contributed by atoms with E-state index in [0.29, 0.717) is 11.5 Å². The van der Waals surface area contributed by atoms with Crippen LogP contribution in [0.4, 0.5) is 0 Å². The molecule has 182 valence electrons. The number of carbonyl (C=O) groups is 2. The maximum absolute atomic E-state index is 12.2. The van der Waals surface area contributed by atoms with Crippen molar-refractivity contribution in [3.05, 3.63) is 48.0 Å². The van der Waals surface area contributed by atoms with Crippen LogP contribution in [0.5, 0.6) is 11.5 Å². The Labute approximate surface area is 201 Å². The highest BCUT2D eigenvalue weighted by Crippen LogP contribution is 2.43. The lowest BCUT2D eigenvalue weighted by molar-refractivity contribution is -0.150. The molecule has 0 aliphatic carbocycles. The highest BCUT2D eigenvalue weighted by molar-refractivity contribution is 6.11. The molecule has 0 N–H and O–H groups in total. The predicted molar refractivity (Wildman–Crippen MR) is 134 cm³/mol. The topological polar surface area (TPSA) is 71.1 Å². The lowest BCUT2D eigenvalue weighted by atomic mass is 9.97. The van der Waals surface area contributed by atoms with Gasteiger partial charge < -0.3 is 18.9 Å². The summed E-state index contributed by atoms with van der Waals surface area (Å²) < 4.78 is 22.6. The second-order valence-corrected chi connectivity index (χ2v) is 8.84. The molecular formula is C28H34O6. The molecule has 3 aromatic carbocycles. The number of carbonyl (C=O) groups excluding carboxylic acids is 2. The summed E-state index contributed by atoms with van der Waals surface area (Å²) in [6.07, 6.45) is 2.66. The number of esters is 2. The Balaban J connectivity index is 2.10. The minimum Gasteiger partial charge on any atom is -0.481 e. The van der Waals surface area contributed by atoms with Crippen molar-refractivity contribution < 1.29 is 28.5 Å². The number of unbranched alkanes of at least 4 members (excludes halogenated alkanes) is 1. The molecule has 34 heavy (non-hydrogen) atoms. The van der Waals surface area contributed by atoms with Gasteiger partial charge in [-0.05, 0) is 52.2 Å². The normalized spacial score (nSPS) is 11.3. The third kappa shape index (κ3) is 6.40. The van der Waals surface area contributed by atoms with Crippen LogP contribution >= 0.6 is 0 Å². The van der Waals surface area contributed by atoms with Gasteiger partial charge in [0.2, 0.25) is 0 Å². The Morgan fingerprint density at radius 3 is 1.74 bits per heavy atom. The molecule has 0 fully saturated rings. The maximum Gasteiger partial charge on any atom is 0.344 e. The first-order valence-corrected chi connectivity index (χ1v) is 11.9. The second kappa shape index (κ2) is 11.7. The quantitative estimate of drug-likeness (QED) is 0.255. The molecule has 3 aromatic rings. The van der Waals surface area contributed by atoms with Crippen LogP contribution in [0.1, 0.15) is 53.0 Å². The molecule has 0 unspecified atom stereocenters. The molecule has 6 heteroatoms. The van der Waals surface area contributed by atoms with Crippen LogP contribution in [0, 0.1) is 0 Å². The van der Waals surface area contributed by atoms with Gasteiger partial charge in [-0.15, -0.1) is 0 Å². The molecule has 3 rings (SSSR count). The van der Waals surface area contributed by atoms with Gasteiger partial charge in [0.25, 0.3) is 0 Å². The summed E-state index contributed by atoms with van der Waals surface area (Å²) in [4.78, 5) is 24.4. The van der Waals surface area contributed by atoms with Crippen molar-refractivity contribution in [1.29, 1.82) is 0 Å². The fraction of sp³-hybridized carbons (Fsp3) is 0.429. The van der Waals surface area contributed by atoms with E-state index in [-0.39, 0.29) is 25.4 Å². The van der Waals surface area contributed by atoms with Gasteiger partial charge in [0, 0.05) is 21.5 Å². The third-order valence-corrected chi connectivity index (χ3v) is 5.21. The van der Waals surface area contributed by atoms with Gasteiger partial charge in [-0.25, -0.2) is 9.59 Å². The van der Waals surface area contributed by atoms with E-state index in [0.717, 1.165) is 40.8 Å². The summed E-state index contributed by atoms with van der Waals surface area (Å²) in [6.45, 7) is 8.98. The zero-order valence-electron chi connectivity index (χ0n) is 20.7.